The summed E-state index contributed by atoms with van der Waals surface area (Å²) in [6.07, 6.45) is 5.42. The Balaban J connectivity index is 1.54. The van der Waals surface area contributed by atoms with E-state index in [0.29, 0.717) is 21.5 Å². The number of benzene rings is 2. The summed E-state index contributed by atoms with van der Waals surface area (Å²) in [7, 11) is 0. The highest BCUT2D eigenvalue weighted by atomic mass is 32.2. The van der Waals surface area contributed by atoms with E-state index in [1.165, 1.54) is 17.3 Å². The van der Waals surface area contributed by atoms with Crippen molar-refractivity contribution in [3.63, 3.8) is 0 Å². The Morgan fingerprint density at radius 2 is 1.84 bits per heavy atom. The Morgan fingerprint density at radius 1 is 1.06 bits per heavy atom. The summed E-state index contributed by atoms with van der Waals surface area (Å²) in [6, 6.07) is 21.8. The summed E-state index contributed by atoms with van der Waals surface area (Å²) in [5.74, 6) is 0.568. The first-order valence-electron chi connectivity index (χ1n) is 10.1. The van der Waals surface area contributed by atoms with E-state index in [0.717, 1.165) is 22.5 Å². The standard InChI is InChI=1S/C25H19N3O2S2/c1-17-9-11-18(12-10-17)23-19(15-28(26-23)20-6-3-2-4-7-20)14-22-24(29)27(25(31)32-22)16-21-8-5-13-30-21/h2-15H,16H2,1H3. The predicted molar refractivity (Wildman–Crippen MR) is 131 cm³/mol. The smallest absolute Gasteiger partial charge is 0.266 e. The van der Waals surface area contributed by atoms with Gasteiger partial charge in [-0.2, -0.15) is 5.10 Å². The van der Waals surface area contributed by atoms with Crippen molar-refractivity contribution in [1.29, 1.82) is 0 Å². The molecule has 1 aliphatic rings. The summed E-state index contributed by atoms with van der Waals surface area (Å²) in [4.78, 5) is 15.2. The summed E-state index contributed by atoms with van der Waals surface area (Å²) in [5.41, 5.74) is 4.78. The number of carbonyl (C=O) groups is 1. The van der Waals surface area contributed by atoms with Crippen LogP contribution in [0.1, 0.15) is 16.9 Å². The lowest BCUT2D eigenvalue weighted by Crippen LogP contribution is -2.27. The summed E-state index contributed by atoms with van der Waals surface area (Å²) in [6.45, 7) is 2.38. The van der Waals surface area contributed by atoms with Crippen LogP contribution >= 0.6 is 24.0 Å². The fourth-order valence-corrected chi connectivity index (χ4v) is 4.72. The average molecular weight is 458 g/mol. The lowest BCUT2D eigenvalue weighted by molar-refractivity contribution is -0.122. The maximum atomic E-state index is 13.1. The van der Waals surface area contributed by atoms with Crippen molar-refractivity contribution in [3.8, 4) is 16.9 Å². The first-order valence-corrected chi connectivity index (χ1v) is 11.3. The average Bonchev–Trinajstić information content (AvgIpc) is 3.53. The molecule has 0 radical (unpaired) electrons. The van der Waals surface area contributed by atoms with Crippen molar-refractivity contribution in [3.05, 3.63) is 101 Å². The molecule has 0 unspecified atom stereocenters. The van der Waals surface area contributed by atoms with Crippen LogP contribution in [0.2, 0.25) is 0 Å². The van der Waals surface area contributed by atoms with E-state index in [-0.39, 0.29) is 5.91 Å². The van der Waals surface area contributed by atoms with Crippen LogP contribution < -0.4 is 0 Å². The number of para-hydroxylation sites is 1. The molecule has 1 saturated heterocycles. The number of aryl methyl sites for hydroxylation is 1. The molecule has 7 heteroatoms. The van der Waals surface area contributed by atoms with E-state index >= 15 is 0 Å². The second-order valence-electron chi connectivity index (χ2n) is 7.43. The van der Waals surface area contributed by atoms with E-state index < -0.39 is 0 Å². The number of rotatable bonds is 5. The number of hydrogen-bond donors (Lipinski definition) is 0. The summed E-state index contributed by atoms with van der Waals surface area (Å²) >= 11 is 6.77. The van der Waals surface area contributed by atoms with Crippen molar-refractivity contribution in [2.75, 3.05) is 0 Å². The lowest BCUT2D eigenvalue weighted by Gasteiger charge is -2.11. The zero-order valence-corrected chi connectivity index (χ0v) is 18.9. The highest BCUT2D eigenvalue weighted by molar-refractivity contribution is 8.26. The van der Waals surface area contributed by atoms with Crippen molar-refractivity contribution in [2.45, 2.75) is 13.5 Å². The third-order valence-electron chi connectivity index (χ3n) is 5.14. The summed E-state index contributed by atoms with van der Waals surface area (Å²) < 4.78 is 7.75. The van der Waals surface area contributed by atoms with Crippen LogP contribution in [-0.4, -0.2) is 24.9 Å². The normalized spacial score (nSPS) is 15.2. The third kappa shape index (κ3) is 4.04. The van der Waals surface area contributed by atoms with Gasteiger partial charge in [-0.1, -0.05) is 72.0 Å². The van der Waals surface area contributed by atoms with Crippen molar-refractivity contribution in [2.24, 2.45) is 0 Å². The fraction of sp³-hybridized carbons (Fsp3) is 0.0800. The van der Waals surface area contributed by atoms with E-state index in [1.54, 1.807) is 17.2 Å². The van der Waals surface area contributed by atoms with Gasteiger partial charge in [0.15, 0.2) is 0 Å². The maximum Gasteiger partial charge on any atom is 0.266 e. The lowest BCUT2D eigenvalue weighted by atomic mass is 10.1. The number of carbonyl (C=O) groups excluding carboxylic acids is 1. The molecule has 5 nitrogen and oxygen atoms in total. The zero-order chi connectivity index (χ0) is 22.1. The SMILES string of the molecule is Cc1ccc(-c2nn(-c3ccccc3)cc2C=C2SC(=S)N(Cc3ccco3)C2=O)cc1. The molecular formula is C25H19N3O2S2. The Hall–Kier alpha value is -3.42. The van der Waals surface area contributed by atoms with Gasteiger partial charge < -0.3 is 4.42 Å². The minimum Gasteiger partial charge on any atom is -0.467 e. The van der Waals surface area contributed by atoms with Gasteiger partial charge in [0, 0.05) is 17.3 Å². The molecular weight excluding hydrogens is 438 g/mol. The number of furan rings is 1. The molecule has 2 aromatic carbocycles. The molecule has 1 fully saturated rings. The molecule has 2 aromatic heterocycles. The number of hydrogen-bond acceptors (Lipinski definition) is 5. The van der Waals surface area contributed by atoms with Gasteiger partial charge in [-0.3, -0.25) is 9.69 Å². The van der Waals surface area contributed by atoms with E-state index in [9.17, 15) is 4.79 Å². The fourth-order valence-electron chi connectivity index (χ4n) is 3.48. The molecule has 4 aromatic rings. The molecule has 158 valence electrons. The Morgan fingerprint density at radius 3 is 2.56 bits per heavy atom. The monoisotopic (exact) mass is 457 g/mol. The predicted octanol–water partition coefficient (Wildman–Crippen LogP) is 5.84. The molecule has 0 N–H and O–H groups in total. The van der Waals surface area contributed by atoms with Crippen LogP contribution in [0.25, 0.3) is 23.0 Å². The summed E-state index contributed by atoms with van der Waals surface area (Å²) in [5, 5.41) is 4.84. The molecule has 1 amide bonds. The minimum absolute atomic E-state index is 0.126. The van der Waals surface area contributed by atoms with Gasteiger partial charge in [-0.05, 0) is 37.3 Å². The Bertz CT molecular complexity index is 1310. The van der Waals surface area contributed by atoms with E-state index in [4.69, 9.17) is 21.7 Å². The van der Waals surface area contributed by atoms with Crippen LogP contribution in [0.3, 0.4) is 0 Å². The van der Waals surface area contributed by atoms with Gasteiger partial charge in [0.1, 0.15) is 10.1 Å². The van der Waals surface area contributed by atoms with Gasteiger partial charge >= 0.3 is 0 Å². The van der Waals surface area contributed by atoms with Crippen LogP contribution in [0.5, 0.6) is 0 Å². The Labute approximate surface area is 195 Å². The first kappa shape index (κ1) is 20.5. The molecule has 0 aliphatic carbocycles. The minimum atomic E-state index is -0.126. The number of aromatic nitrogens is 2. The largest absolute Gasteiger partial charge is 0.467 e. The third-order valence-corrected chi connectivity index (χ3v) is 6.52. The van der Waals surface area contributed by atoms with Gasteiger partial charge in [-0.15, -0.1) is 0 Å². The number of thiocarbonyl (C=S) groups is 1. The molecule has 32 heavy (non-hydrogen) atoms. The highest BCUT2D eigenvalue weighted by Crippen LogP contribution is 2.35. The second-order valence-corrected chi connectivity index (χ2v) is 9.10. The van der Waals surface area contributed by atoms with Gasteiger partial charge in [0.25, 0.3) is 5.91 Å². The van der Waals surface area contributed by atoms with Crippen molar-refractivity contribution in [1.82, 2.24) is 14.7 Å². The van der Waals surface area contributed by atoms with Gasteiger partial charge in [0.05, 0.1) is 29.1 Å². The quantitative estimate of drug-likeness (QED) is 0.278. The molecule has 1 aliphatic heterocycles. The number of thioether (sulfide) groups is 1. The molecule has 5 rings (SSSR count). The van der Waals surface area contributed by atoms with E-state index in [2.05, 4.69) is 19.1 Å². The van der Waals surface area contributed by atoms with Gasteiger partial charge in [0.2, 0.25) is 0 Å². The van der Waals surface area contributed by atoms with E-state index in [1.807, 2.05) is 65.5 Å². The molecule has 0 atom stereocenters. The van der Waals surface area contributed by atoms with Crippen LogP contribution in [0.4, 0.5) is 0 Å². The van der Waals surface area contributed by atoms with Crippen molar-refractivity contribution < 1.29 is 9.21 Å². The molecule has 0 spiro atoms. The molecule has 0 bridgehead atoms. The van der Waals surface area contributed by atoms with Crippen LogP contribution in [0.15, 0.2) is 88.5 Å². The van der Waals surface area contributed by atoms with Crippen molar-refractivity contribution >= 4 is 40.3 Å². The van der Waals surface area contributed by atoms with Gasteiger partial charge in [-0.25, -0.2) is 4.68 Å². The Kier molecular flexibility index (Phi) is 5.51. The maximum absolute atomic E-state index is 13.1. The molecule has 3 heterocycles. The van der Waals surface area contributed by atoms with Crippen LogP contribution in [-0.2, 0) is 11.3 Å². The topological polar surface area (TPSA) is 51.3 Å². The zero-order valence-electron chi connectivity index (χ0n) is 17.3. The second kappa shape index (κ2) is 8.61. The first-order chi connectivity index (χ1) is 15.6. The number of nitrogens with zero attached hydrogens (tertiary/aromatic N) is 3. The number of amides is 1. The highest BCUT2D eigenvalue weighted by Gasteiger charge is 2.33. The molecule has 0 saturated carbocycles. The van der Waals surface area contributed by atoms with Crippen LogP contribution in [0, 0.1) is 6.92 Å².